The van der Waals surface area contributed by atoms with E-state index >= 15 is 0 Å². The molecule has 0 spiro atoms. The van der Waals surface area contributed by atoms with Crippen LogP contribution in [0.3, 0.4) is 0 Å². The molecule has 3 atom stereocenters. The molecule has 2 fully saturated rings. The van der Waals surface area contributed by atoms with Crippen LogP contribution in [0.5, 0.6) is 0 Å². The number of piperazine rings is 1. The number of nitrogens with zero attached hydrogens (tertiary/aromatic N) is 2. The fraction of sp³-hybridized carbons (Fsp3) is 0.679. The molecule has 3 aliphatic rings. The lowest BCUT2D eigenvalue weighted by molar-refractivity contribution is -0.180. The first-order valence-electron chi connectivity index (χ1n) is 13.4. The van der Waals surface area contributed by atoms with E-state index in [0.717, 1.165) is 32.5 Å². The van der Waals surface area contributed by atoms with Gasteiger partial charge in [0, 0.05) is 51.9 Å². The maximum Gasteiger partial charge on any atom is 0.288 e. The molecule has 2 aliphatic heterocycles. The Balaban J connectivity index is 1.44. The van der Waals surface area contributed by atoms with E-state index in [2.05, 4.69) is 35.2 Å². The maximum absolute atomic E-state index is 13.5. The summed E-state index contributed by atoms with van der Waals surface area (Å²) < 4.78 is 12.3. The minimum absolute atomic E-state index is 0.00508. The van der Waals surface area contributed by atoms with Gasteiger partial charge in [-0.1, -0.05) is 49.6 Å². The van der Waals surface area contributed by atoms with Crippen LogP contribution in [-0.4, -0.2) is 66.5 Å². The summed E-state index contributed by atoms with van der Waals surface area (Å²) in [6, 6.07) is 10.5. The Labute approximate surface area is 204 Å². The normalized spacial score (nSPS) is 26.7. The molecule has 1 saturated heterocycles. The zero-order valence-corrected chi connectivity index (χ0v) is 20.7. The fourth-order valence-corrected chi connectivity index (χ4v) is 5.94. The SMILES string of the molecule is CCO[C@@H]1OC(C(=O)N2CCN(Cc3ccccc3)CC2)=C[C@H](C2CCCCC2)[C@H]1CCCO. The van der Waals surface area contributed by atoms with Crippen molar-refractivity contribution in [3.8, 4) is 0 Å². The molecule has 1 aliphatic carbocycles. The second-order valence-electron chi connectivity index (χ2n) is 10.0. The first kappa shape index (κ1) is 25.2. The summed E-state index contributed by atoms with van der Waals surface area (Å²) >= 11 is 0. The van der Waals surface area contributed by atoms with Crippen LogP contribution in [0.25, 0.3) is 0 Å². The lowest BCUT2D eigenvalue weighted by atomic mass is 9.71. The average Bonchev–Trinajstić information content (AvgIpc) is 2.89. The Morgan fingerprint density at radius 1 is 1.09 bits per heavy atom. The van der Waals surface area contributed by atoms with Crippen molar-refractivity contribution < 1.29 is 19.4 Å². The smallest absolute Gasteiger partial charge is 0.288 e. The van der Waals surface area contributed by atoms with Crippen molar-refractivity contribution in [2.24, 2.45) is 17.8 Å². The van der Waals surface area contributed by atoms with E-state index < -0.39 is 6.29 Å². The number of hydrogen-bond donors (Lipinski definition) is 1. The number of aliphatic hydroxyl groups excluding tert-OH is 1. The molecule has 34 heavy (non-hydrogen) atoms. The predicted octanol–water partition coefficient (Wildman–Crippen LogP) is 4.19. The van der Waals surface area contributed by atoms with Crippen LogP contribution in [0.2, 0.25) is 0 Å². The summed E-state index contributed by atoms with van der Waals surface area (Å²) in [5, 5.41) is 9.47. The number of allylic oxidation sites excluding steroid dienone is 1. The third-order valence-corrected chi connectivity index (χ3v) is 7.77. The third-order valence-electron chi connectivity index (χ3n) is 7.77. The Kier molecular flexibility index (Phi) is 9.42. The molecule has 0 radical (unpaired) electrons. The van der Waals surface area contributed by atoms with Crippen LogP contribution >= 0.6 is 0 Å². The number of rotatable bonds is 9. The number of carbonyl (C=O) groups excluding carboxylic acids is 1. The number of carbonyl (C=O) groups is 1. The van der Waals surface area contributed by atoms with E-state index in [4.69, 9.17) is 9.47 Å². The molecular weight excluding hydrogens is 428 g/mol. The van der Waals surface area contributed by atoms with Gasteiger partial charge in [-0.25, -0.2) is 0 Å². The van der Waals surface area contributed by atoms with Crippen LogP contribution in [0.1, 0.15) is 57.4 Å². The highest BCUT2D eigenvalue weighted by Gasteiger charge is 2.41. The van der Waals surface area contributed by atoms with Crippen LogP contribution in [0.4, 0.5) is 0 Å². The van der Waals surface area contributed by atoms with Crippen LogP contribution in [-0.2, 0) is 20.8 Å². The van der Waals surface area contributed by atoms with Crippen molar-refractivity contribution in [1.82, 2.24) is 9.80 Å². The molecule has 1 aromatic rings. The minimum Gasteiger partial charge on any atom is -0.459 e. The third kappa shape index (κ3) is 6.41. The lowest BCUT2D eigenvalue weighted by Crippen LogP contribution is -2.50. The molecule has 0 aromatic heterocycles. The second kappa shape index (κ2) is 12.7. The Hall–Kier alpha value is -1.89. The van der Waals surface area contributed by atoms with E-state index in [-0.39, 0.29) is 24.3 Å². The van der Waals surface area contributed by atoms with Crippen molar-refractivity contribution >= 4 is 5.91 Å². The highest BCUT2D eigenvalue weighted by atomic mass is 16.7. The summed E-state index contributed by atoms with van der Waals surface area (Å²) in [6.07, 6.45) is 9.55. The number of hydrogen-bond acceptors (Lipinski definition) is 5. The zero-order chi connectivity index (χ0) is 23.8. The zero-order valence-electron chi connectivity index (χ0n) is 20.7. The van der Waals surface area contributed by atoms with Gasteiger partial charge in [0.25, 0.3) is 5.91 Å². The Morgan fingerprint density at radius 3 is 2.50 bits per heavy atom. The van der Waals surface area contributed by atoms with Crippen LogP contribution in [0.15, 0.2) is 42.2 Å². The van der Waals surface area contributed by atoms with E-state index in [1.165, 1.54) is 37.7 Å². The molecule has 1 aromatic carbocycles. The summed E-state index contributed by atoms with van der Waals surface area (Å²) in [6.45, 7) is 6.80. The van der Waals surface area contributed by atoms with Gasteiger partial charge in [0.15, 0.2) is 5.76 Å². The van der Waals surface area contributed by atoms with Crippen LogP contribution < -0.4 is 0 Å². The number of benzene rings is 1. The Morgan fingerprint density at radius 2 is 1.82 bits per heavy atom. The molecular formula is C28H42N2O4. The summed E-state index contributed by atoms with van der Waals surface area (Å²) in [5.74, 6) is 1.51. The summed E-state index contributed by atoms with van der Waals surface area (Å²) in [5.41, 5.74) is 1.31. The van der Waals surface area contributed by atoms with Crippen LogP contribution in [0, 0.1) is 17.8 Å². The van der Waals surface area contributed by atoms with E-state index in [0.29, 0.717) is 31.4 Å². The molecule has 4 rings (SSSR count). The highest BCUT2D eigenvalue weighted by molar-refractivity contribution is 5.91. The molecule has 0 unspecified atom stereocenters. The van der Waals surface area contributed by atoms with Gasteiger partial charge in [0.05, 0.1) is 0 Å². The second-order valence-corrected chi connectivity index (χ2v) is 10.0. The van der Waals surface area contributed by atoms with Crippen molar-refractivity contribution in [3.63, 3.8) is 0 Å². The van der Waals surface area contributed by atoms with E-state index in [1.807, 2.05) is 17.9 Å². The average molecular weight is 471 g/mol. The van der Waals surface area contributed by atoms with Gasteiger partial charge in [0.2, 0.25) is 6.29 Å². The molecule has 6 heteroatoms. The first-order valence-corrected chi connectivity index (χ1v) is 13.4. The fourth-order valence-electron chi connectivity index (χ4n) is 5.94. The van der Waals surface area contributed by atoms with Gasteiger partial charge in [-0.2, -0.15) is 0 Å². The molecule has 1 saturated carbocycles. The molecule has 6 nitrogen and oxygen atoms in total. The molecule has 1 amide bonds. The molecule has 188 valence electrons. The van der Waals surface area contributed by atoms with Gasteiger partial charge in [-0.15, -0.1) is 0 Å². The molecule has 2 heterocycles. The largest absolute Gasteiger partial charge is 0.459 e. The van der Waals surface area contributed by atoms with E-state index in [1.54, 1.807) is 0 Å². The monoisotopic (exact) mass is 470 g/mol. The lowest BCUT2D eigenvalue weighted by Gasteiger charge is -2.42. The predicted molar refractivity (Wildman–Crippen MR) is 133 cm³/mol. The van der Waals surface area contributed by atoms with Gasteiger partial charge in [0.1, 0.15) is 0 Å². The Bertz CT molecular complexity index is 785. The van der Waals surface area contributed by atoms with Gasteiger partial charge >= 0.3 is 0 Å². The molecule has 0 bridgehead atoms. The highest BCUT2D eigenvalue weighted by Crippen LogP contribution is 2.42. The van der Waals surface area contributed by atoms with Crippen molar-refractivity contribution in [2.75, 3.05) is 39.4 Å². The standard InChI is InChI=1S/C28H42N2O4/c1-2-33-28-24(14-9-19-31)25(23-12-7-4-8-13-23)20-26(34-28)27(32)30-17-15-29(16-18-30)21-22-10-5-3-6-11-22/h3,5-6,10-11,20,23-25,28,31H,2,4,7-9,12-19,21H2,1H3/t24-,25-,28-/m1/s1. The quantitative estimate of drug-likeness (QED) is 0.586. The number of aliphatic hydroxyl groups is 1. The van der Waals surface area contributed by atoms with E-state index in [9.17, 15) is 9.90 Å². The van der Waals surface area contributed by atoms with Crippen molar-refractivity contribution in [2.45, 2.75) is 64.7 Å². The minimum atomic E-state index is -0.410. The summed E-state index contributed by atoms with van der Waals surface area (Å²) in [4.78, 5) is 17.9. The first-order chi connectivity index (χ1) is 16.7. The molecule has 1 N–H and O–H groups in total. The van der Waals surface area contributed by atoms with Gasteiger partial charge < -0.3 is 19.5 Å². The topological polar surface area (TPSA) is 62.2 Å². The summed E-state index contributed by atoms with van der Waals surface area (Å²) in [7, 11) is 0. The van der Waals surface area contributed by atoms with Gasteiger partial charge in [-0.05, 0) is 56.1 Å². The van der Waals surface area contributed by atoms with Crippen molar-refractivity contribution in [1.29, 1.82) is 0 Å². The number of ether oxygens (including phenoxy) is 2. The number of amides is 1. The van der Waals surface area contributed by atoms with Gasteiger partial charge in [-0.3, -0.25) is 9.69 Å². The maximum atomic E-state index is 13.5. The van der Waals surface area contributed by atoms with Crippen molar-refractivity contribution in [3.05, 3.63) is 47.7 Å².